The standard InChI is InChI=1S/C56H92FN5O16/c1-14-43-56(10,70)47(64)34(6)59(11)27-30(2)24-54(8,69)49(32(4)46(33(5)51(67)76-43)77-44-25-55(9,71-13)48(65)35(7)74-44)78-52-45(63)42(21-31(3)73-52)60(12)28-36-22-39(36)50(66)58-26-38-29-62(53(68)75-38)37-15-16-41(40(57)23-37)61-17-19-72-20-18-61/h15-16,23,30-36,38-39,42-49,52,63-65,69-70H,14,17-22,24-29H2,1-13H3,(H,58,66)/t30-,31-,32+,33-,34-,35+,36-,38+,39+,42+,43-,44+,45-,46+,47-,48+,49-,52+,54-,55-,56-/m1/s1. The Hall–Kier alpha value is -3.36. The molecule has 6 N–H and O–H groups in total. The third-order valence-corrected chi connectivity index (χ3v) is 17.9. The Balaban J connectivity index is 1.05. The van der Waals surface area contributed by atoms with Crippen molar-refractivity contribution in [3.8, 4) is 0 Å². The van der Waals surface area contributed by atoms with E-state index in [4.69, 9.17) is 37.9 Å². The molecule has 22 heteroatoms. The number of nitrogens with zero attached hydrogens (tertiary/aromatic N) is 4. The number of cyclic esters (lactones) is 2. The van der Waals surface area contributed by atoms with Gasteiger partial charge in [-0.05, 0) is 118 Å². The van der Waals surface area contributed by atoms with Crippen molar-refractivity contribution in [2.45, 2.75) is 198 Å². The number of aliphatic hydroxyl groups is 5. The van der Waals surface area contributed by atoms with Crippen LogP contribution < -0.4 is 15.1 Å². The second-order valence-corrected chi connectivity index (χ2v) is 24.3. The number of rotatable bonds is 14. The highest BCUT2D eigenvalue weighted by Gasteiger charge is 2.54. The average molecular weight is 1110 g/mol. The number of likely N-dealkylation sites (N-methyl/N-ethyl adjacent to an activating group) is 2. The van der Waals surface area contributed by atoms with Crippen LogP contribution in [0, 0.1) is 35.4 Å². The maximum absolute atomic E-state index is 15.2. The Morgan fingerprint density at radius 3 is 2.28 bits per heavy atom. The first-order valence-corrected chi connectivity index (χ1v) is 28.3. The molecule has 6 fully saturated rings. The minimum absolute atomic E-state index is 0.0377. The molecule has 5 aliphatic heterocycles. The lowest BCUT2D eigenvalue weighted by Crippen LogP contribution is -2.61. The summed E-state index contributed by atoms with van der Waals surface area (Å²) in [7, 11) is 5.19. The van der Waals surface area contributed by atoms with Crippen LogP contribution in [-0.4, -0.2) is 223 Å². The van der Waals surface area contributed by atoms with Gasteiger partial charge in [0.2, 0.25) is 5.91 Å². The normalized spacial score (nSPS) is 42.7. The summed E-state index contributed by atoms with van der Waals surface area (Å²) in [6.45, 7) is 20.6. The van der Waals surface area contributed by atoms with Gasteiger partial charge in [-0.15, -0.1) is 0 Å². The van der Waals surface area contributed by atoms with Crippen molar-refractivity contribution in [3.05, 3.63) is 24.0 Å². The van der Waals surface area contributed by atoms with E-state index < -0.39 is 126 Å². The molecular weight excluding hydrogens is 1020 g/mol. The highest BCUT2D eigenvalue weighted by molar-refractivity contribution is 5.90. The van der Waals surface area contributed by atoms with Gasteiger partial charge in [0.15, 0.2) is 12.6 Å². The van der Waals surface area contributed by atoms with Crippen molar-refractivity contribution in [1.82, 2.24) is 15.1 Å². The number of aliphatic hydroxyl groups excluding tert-OH is 3. The number of hydrogen-bond acceptors (Lipinski definition) is 19. The lowest BCUT2D eigenvalue weighted by molar-refractivity contribution is -0.318. The lowest BCUT2D eigenvalue weighted by Gasteiger charge is -2.49. The third-order valence-electron chi connectivity index (χ3n) is 17.9. The van der Waals surface area contributed by atoms with Crippen LogP contribution in [-0.2, 0) is 47.5 Å². The van der Waals surface area contributed by atoms with Crippen molar-refractivity contribution in [2.24, 2.45) is 29.6 Å². The minimum Gasteiger partial charge on any atom is -0.459 e. The Kier molecular flexibility index (Phi) is 20.3. The first-order chi connectivity index (χ1) is 36.6. The van der Waals surface area contributed by atoms with Gasteiger partial charge in [0.25, 0.3) is 0 Å². The van der Waals surface area contributed by atoms with E-state index in [1.54, 1.807) is 60.6 Å². The number of morpholine rings is 1. The molecule has 0 bridgehead atoms. The smallest absolute Gasteiger partial charge is 0.414 e. The van der Waals surface area contributed by atoms with Crippen molar-refractivity contribution >= 4 is 29.3 Å². The largest absolute Gasteiger partial charge is 0.459 e. The first-order valence-electron chi connectivity index (χ1n) is 28.3. The number of carbonyl (C=O) groups is 3. The molecule has 5 saturated heterocycles. The number of anilines is 2. The van der Waals surface area contributed by atoms with Crippen LogP contribution in [0.2, 0.25) is 0 Å². The van der Waals surface area contributed by atoms with E-state index in [0.717, 1.165) is 0 Å². The van der Waals surface area contributed by atoms with Crippen molar-refractivity contribution in [3.63, 3.8) is 0 Å². The van der Waals surface area contributed by atoms with Gasteiger partial charge in [0, 0.05) is 63.6 Å². The van der Waals surface area contributed by atoms with Crippen molar-refractivity contribution < 1.29 is 82.2 Å². The molecule has 1 aromatic rings. The Morgan fingerprint density at radius 1 is 0.936 bits per heavy atom. The molecule has 1 saturated carbocycles. The molecule has 0 unspecified atom stereocenters. The molecule has 0 radical (unpaired) electrons. The summed E-state index contributed by atoms with van der Waals surface area (Å²) >= 11 is 0. The Morgan fingerprint density at radius 2 is 1.63 bits per heavy atom. The molecule has 21 nitrogen and oxygen atoms in total. The van der Waals surface area contributed by atoms with E-state index >= 15 is 4.39 Å². The molecule has 6 aliphatic rings. The molecule has 21 atom stereocenters. The fourth-order valence-electron chi connectivity index (χ4n) is 12.8. The predicted octanol–water partition coefficient (Wildman–Crippen LogP) is 3.02. The van der Waals surface area contributed by atoms with Gasteiger partial charge in [-0.3, -0.25) is 14.5 Å². The maximum atomic E-state index is 15.2. The average Bonchev–Trinajstić information content (AvgIpc) is 4.07. The van der Waals surface area contributed by atoms with Gasteiger partial charge in [-0.1, -0.05) is 20.8 Å². The maximum Gasteiger partial charge on any atom is 0.414 e. The molecule has 0 spiro atoms. The van der Waals surface area contributed by atoms with Gasteiger partial charge in [-0.25, -0.2) is 9.18 Å². The Bertz CT molecular complexity index is 2190. The van der Waals surface area contributed by atoms with Crippen molar-refractivity contribution in [2.75, 3.05) is 83.5 Å². The third kappa shape index (κ3) is 13.9. The molecule has 1 aromatic carbocycles. The molecule has 1 aliphatic carbocycles. The number of ether oxygens (including phenoxy) is 8. The van der Waals surface area contributed by atoms with Crippen molar-refractivity contribution in [1.29, 1.82) is 0 Å². The topological polar surface area (TPSA) is 251 Å². The zero-order valence-corrected chi connectivity index (χ0v) is 48.2. The quantitative estimate of drug-likeness (QED) is 0.147. The molecule has 7 rings (SSSR count). The van der Waals surface area contributed by atoms with E-state index in [-0.39, 0.29) is 56.0 Å². The number of carbonyl (C=O) groups excluding carboxylic acids is 3. The van der Waals surface area contributed by atoms with Crippen LogP contribution in [0.5, 0.6) is 0 Å². The SMILES string of the molecule is CC[C@H]1OC(=O)[C@H](C)[C@@H](O[C@H]2C[C@@](C)(OC)[C@@H](O)[C@H](C)O2)[C@H](C)[C@@H](O[C@@H]2O[C@H](C)C[C@H](N(C)C[C@H]3C[C@@H]3C(=O)NC[C@H]3CN(c4ccc(N5CCOCC5)c(F)c4)C(=O)O3)[C@H]2O)[C@](C)(O)C[C@@H](C)CN(C)[C@H](C)[C@@H](O)[C@]1(C)O. The van der Waals surface area contributed by atoms with Crippen LogP contribution in [0.1, 0.15) is 101 Å². The number of benzene rings is 1. The second-order valence-electron chi connectivity index (χ2n) is 24.3. The van der Waals surface area contributed by atoms with Crippen LogP contribution in [0.25, 0.3) is 0 Å². The van der Waals surface area contributed by atoms with E-state index in [9.17, 15) is 39.9 Å². The molecular formula is C56H92FN5O16. The van der Waals surface area contributed by atoms with E-state index in [1.165, 1.54) is 25.0 Å². The minimum atomic E-state index is -1.86. The number of hydrogen-bond donors (Lipinski definition) is 6. The van der Waals surface area contributed by atoms with E-state index in [2.05, 4.69) is 5.32 Å². The number of halogens is 1. The molecule has 78 heavy (non-hydrogen) atoms. The molecule has 5 heterocycles. The number of methoxy groups -OCH3 is 1. The van der Waals surface area contributed by atoms with Gasteiger partial charge >= 0.3 is 12.1 Å². The second kappa shape index (κ2) is 25.4. The summed E-state index contributed by atoms with van der Waals surface area (Å²) in [5, 5.41) is 62.8. The van der Waals surface area contributed by atoms with E-state index in [1.807, 2.05) is 42.6 Å². The van der Waals surface area contributed by atoms with E-state index in [0.29, 0.717) is 63.6 Å². The Labute approximate surface area is 460 Å². The fraction of sp³-hybridized carbons (Fsp3) is 0.839. The van der Waals surface area contributed by atoms with Crippen LogP contribution in [0.15, 0.2) is 18.2 Å². The zero-order chi connectivity index (χ0) is 57.3. The first kappa shape index (κ1) is 62.2. The number of nitrogens with one attached hydrogen (secondary N) is 1. The van der Waals surface area contributed by atoms with Gasteiger partial charge in [0.1, 0.15) is 41.9 Å². The highest BCUT2D eigenvalue weighted by atomic mass is 19.1. The van der Waals surface area contributed by atoms with Gasteiger partial charge in [-0.2, -0.15) is 0 Å². The number of amides is 2. The molecule has 2 amide bonds. The number of esters is 1. The van der Waals surface area contributed by atoms with Gasteiger partial charge < -0.3 is 83.4 Å². The van der Waals surface area contributed by atoms with Crippen LogP contribution in [0.3, 0.4) is 0 Å². The summed E-state index contributed by atoms with van der Waals surface area (Å²) < 4.78 is 64.5. The predicted molar refractivity (Wildman–Crippen MR) is 285 cm³/mol. The summed E-state index contributed by atoms with van der Waals surface area (Å²) in [5.74, 6) is -3.90. The summed E-state index contributed by atoms with van der Waals surface area (Å²) in [6, 6.07) is 3.57. The summed E-state index contributed by atoms with van der Waals surface area (Å²) in [5.41, 5.74) is -3.82. The van der Waals surface area contributed by atoms with Gasteiger partial charge in [0.05, 0.1) is 79.2 Å². The molecule has 0 aromatic heterocycles. The van der Waals surface area contributed by atoms with Crippen LogP contribution >= 0.6 is 0 Å². The highest BCUT2D eigenvalue weighted by Crippen LogP contribution is 2.43. The summed E-state index contributed by atoms with van der Waals surface area (Å²) in [4.78, 5) is 48.1. The lowest BCUT2D eigenvalue weighted by atomic mass is 9.77. The van der Waals surface area contributed by atoms with Crippen LogP contribution in [0.4, 0.5) is 20.6 Å². The monoisotopic (exact) mass is 1110 g/mol. The molecule has 444 valence electrons. The zero-order valence-electron chi connectivity index (χ0n) is 48.2. The summed E-state index contributed by atoms with van der Waals surface area (Å²) in [6.07, 6.45) is -10.3. The fourth-order valence-corrected chi connectivity index (χ4v) is 12.8.